The number of nitro groups is 1. The van der Waals surface area contributed by atoms with E-state index in [0.29, 0.717) is 5.69 Å². The predicted molar refractivity (Wildman–Crippen MR) is 84.6 cm³/mol. The number of benzene rings is 1. The van der Waals surface area contributed by atoms with E-state index >= 15 is 0 Å². The van der Waals surface area contributed by atoms with Crippen LogP contribution in [0.2, 0.25) is 0 Å². The van der Waals surface area contributed by atoms with Crippen molar-refractivity contribution in [3.05, 3.63) is 58.8 Å². The number of pyridine rings is 1. The van der Waals surface area contributed by atoms with E-state index < -0.39 is 28.8 Å². The Morgan fingerprint density at radius 3 is 2.58 bits per heavy atom. The molecule has 0 saturated heterocycles. The van der Waals surface area contributed by atoms with Crippen LogP contribution in [-0.2, 0) is 4.79 Å². The summed E-state index contributed by atoms with van der Waals surface area (Å²) < 4.78 is 5.22. The standard InChI is InChI=1S/C15H14N4O5/c1-10(24-12-8-5-9-16-13(12)19(22)23)14(20)18-15(21)17-11-6-3-2-4-7-11/h2-10H,1H3,(H2,17,18,20,21). The lowest BCUT2D eigenvalue weighted by molar-refractivity contribution is -0.390. The Morgan fingerprint density at radius 2 is 1.92 bits per heavy atom. The molecule has 0 spiro atoms. The van der Waals surface area contributed by atoms with E-state index in [2.05, 4.69) is 15.6 Å². The number of rotatable bonds is 5. The number of para-hydroxylation sites is 1. The fraction of sp³-hybridized carbons (Fsp3) is 0.133. The molecule has 0 bridgehead atoms. The summed E-state index contributed by atoms with van der Waals surface area (Å²) in [6, 6.07) is 10.6. The van der Waals surface area contributed by atoms with Gasteiger partial charge in [-0.3, -0.25) is 10.1 Å². The molecule has 2 rings (SSSR count). The van der Waals surface area contributed by atoms with Gasteiger partial charge >= 0.3 is 11.8 Å². The summed E-state index contributed by atoms with van der Waals surface area (Å²) in [4.78, 5) is 37.4. The molecule has 9 heteroatoms. The quantitative estimate of drug-likeness (QED) is 0.639. The van der Waals surface area contributed by atoms with Gasteiger partial charge in [0.05, 0.1) is 0 Å². The van der Waals surface area contributed by atoms with Crippen molar-refractivity contribution in [3.8, 4) is 5.75 Å². The summed E-state index contributed by atoms with van der Waals surface area (Å²) in [6.07, 6.45) is 0.109. The summed E-state index contributed by atoms with van der Waals surface area (Å²) in [7, 11) is 0. The van der Waals surface area contributed by atoms with Crippen molar-refractivity contribution in [3.63, 3.8) is 0 Å². The minimum atomic E-state index is -1.13. The normalized spacial score (nSPS) is 11.2. The largest absolute Gasteiger partial charge is 0.473 e. The van der Waals surface area contributed by atoms with E-state index in [1.54, 1.807) is 30.3 Å². The number of ether oxygens (including phenoxy) is 1. The third kappa shape index (κ3) is 4.50. The van der Waals surface area contributed by atoms with Crippen molar-refractivity contribution in [2.45, 2.75) is 13.0 Å². The number of hydrogen-bond donors (Lipinski definition) is 2. The zero-order valence-corrected chi connectivity index (χ0v) is 12.6. The molecule has 2 aromatic rings. The third-order valence-corrected chi connectivity index (χ3v) is 2.87. The molecule has 0 saturated carbocycles. The van der Waals surface area contributed by atoms with Crippen molar-refractivity contribution < 1.29 is 19.2 Å². The fourth-order valence-electron chi connectivity index (χ4n) is 1.75. The van der Waals surface area contributed by atoms with Crippen LogP contribution in [0.1, 0.15) is 6.92 Å². The molecule has 1 atom stereocenters. The highest BCUT2D eigenvalue weighted by molar-refractivity contribution is 6.02. The maximum atomic E-state index is 11.9. The van der Waals surface area contributed by atoms with Crippen molar-refractivity contribution >= 4 is 23.4 Å². The van der Waals surface area contributed by atoms with Gasteiger partial charge < -0.3 is 20.2 Å². The fourth-order valence-corrected chi connectivity index (χ4v) is 1.75. The molecule has 0 radical (unpaired) electrons. The molecule has 0 aliphatic heterocycles. The zero-order valence-electron chi connectivity index (χ0n) is 12.6. The maximum Gasteiger partial charge on any atom is 0.406 e. The summed E-state index contributed by atoms with van der Waals surface area (Å²) in [6.45, 7) is 1.36. The number of carbonyl (C=O) groups excluding carboxylic acids is 2. The molecular weight excluding hydrogens is 316 g/mol. The first-order chi connectivity index (χ1) is 11.5. The van der Waals surface area contributed by atoms with E-state index in [1.807, 2.05) is 0 Å². The molecule has 124 valence electrons. The van der Waals surface area contributed by atoms with Gasteiger partial charge in [-0.1, -0.05) is 18.2 Å². The molecule has 3 amide bonds. The second-order valence-electron chi connectivity index (χ2n) is 4.65. The monoisotopic (exact) mass is 330 g/mol. The van der Waals surface area contributed by atoms with Crippen molar-refractivity contribution in [1.29, 1.82) is 0 Å². The van der Waals surface area contributed by atoms with Gasteiger partial charge in [-0.15, -0.1) is 0 Å². The SMILES string of the molecule is CC(Oc1cccnc1[N+](=O)[O-])C(=O)NC(=O)Nc1ccccc1. The number of nitrogens with one attached hydrogen (secondary N) is 2. The number of imide groups is 1. The van der Waals surface area contributed by atoms with Crippen molar-refractivity contribution in [1.82, 2.24) is 10.3 Å². The van der Waals surface area contributed by atoms with Gasteiger partial charge in [0.25, 0.3) is 5.91 Å². The smallest absolute Gasteiger partial charge is 0.406 e. The van der Waals surface area contributed by atoms with Gasteiger partial charge in [-0.25, -0.2) is 4.79 Å². The minimum absolute atomic E-state index is 0.159. The average molecular weight is 330 g/mol. The van der Waals surface area contributed by atoms with Crippen LogP contribution in [0.5, 0.6) is 5.75 Å². The summed E-state index contributed by atoms with van der Waals surface area (Å²) in [5.74, 6) is -1.42. The maximum absolute atomic E-state index is 11.9. The first kappa shape index (κ1) is 16.9. The van der Waals surface area contributed by atoms with Gasteiger partial charge in [0.15, 0.2) is 6.10 Å². The Kier molecular flexibility index (Phi) is 5.40. The molecule has 0 aliphatic rings. The van der Waals surface area contributed by atoms with Gasteiger partial charge in [0.2, 0.25) is 5.75 Å². The predicted octanol–water partition coefficient (Wildman–Crippen LogP) is 2.11. The Bertz CT molecular complexity index is 751. The Hall–Kier alpha value is -3.49. The summed E-state index contributed by atoms with van der Waals surface area (Å²) in [5.41, 5.74) is 0.513. The number of anilines is 1. The lowest BCUT2D eigenvalue weighted by Crippen LogP contribution is -2.42. The number of nitrogens with zero attached hydrogens (tertiary/aromatic N) is 2. The molecule has 9 nitrogen and oxygen atoms in total. The molecule has 0 aliphatic carbocycles. The van der Waals surface area contributed by atoms with E-state index in [4.69, 9.17) is 4.74 Å². The van der Waals surface area contributed by atoms with Gasteiger partial charge in [0.1, 0.15) is 6.20 Å². The molecule has 2 N–H and O–H groups in total. The molecule has 24 heavy (non-hydrogen) atoms. The van der Waals surface area contributed by atoms with Crippen molar-refractivity contribution in [2.75, 3.05) is 5.32 Å². The molecule has 0 fully saturated rings. The van der Waals surface area contributed by atoms with Gasteiger partial charge in [-0.05, 0) is 41.1 Å². The lowest BCUT2D eigenvalue weighted by atomic mass is 10.3. The third-order valence-electron chi connectivity index (χ3n) is 2.87. The van der Waals surface area contributed by atoms with E-state index in [-0.39, 0.29) is 5.75 Å². The van der Waals surface area contributed by atoms with Crippen LogP contribution in [-0.4, -0.2) is 27.9 Å². The number of amides is 3. The van der Waals surface area contributed by atoms with Crippen LogP contribution in [0, 0.1) is 10.1 Å². The zero-order chi connectivity index (χ0) is 17.5. The van der Waals surface area contributed by atoms with Gasteiger partial charge in [-0.2, -0.15) is 0 Å². The van der Waals surface area contributed by atoms with Crippen LogP contribution in [0.15, 0.2) is 48.7 Å². The first-order valence-electron chi connectivity index (χ1n) is 6.90. The van der Waals surface area contributed by atoms with E-state index in [9.17, 15) is 19.7 Å². The lowest BCUT2D eigenvalue weighted by Gasteiger charge is -2.14. The highest BCUT2D eigenvalue weighted by Crippen LogP contribution is 2.23. The topological polar surface area (TPSA) is 123 Å². The number of aromatic nitrogens is 1. The van der Waals surface area contributed by atoms with E-state index in [0.717, 1.165) is 0 Å². The molecular formula is C15H14N4O5. The highest BCUT2D eigenvalue weighted by Gasteiger charge is 2.23. The van der Waals surface area contributed by atoms with Crippen LogP contribution in [0.3, 0.4) is 0 Å². The molecule has 1 aromatic heterocycles. The van der Waals surface area contributed by atoms with Gasteiger partial charge in [0, 0.05) is 5.69 Å². The Balaban J connectivity index is 1.95. The van der Waals surface area contributed by atoms with Crippen molar-refractivity contribution in [2.24, 2.45) is 0 Å². The highest BCUT2D eigenvalue weighted by atomic mass is 16.6. The molecule has 1 heterocycles. The Morgan fingerprint density at radius 1 is 1.21 bits per heavy atom. The number of hydrogen-bond acceptors (Lipinski definition) is 6. The van der Waals surface area contributed by atoms with Crippen LogP contribution in [0.4, 0.5) is 16.3 Å². The van der Waals surface area contributed by atoms with Crippen LogP contribution < -0.4 is 15.4 Å². The molecule has 1 unspecified atom stereocenters. The first-order valence-corrected chi connectivity index (χ1v) is 6.90. The summed E-state index contributed by atoms with van der Waals surface area (Å²) in [5, 5.41) is 15.4. The minimum Gasteiger partial charge on any atom is -0.473 e. The number of carbonyl (C=O) groups is 2. The second-order valence-corrected chi connectivity index (χ2v) is 4.65. The van der Waals surface area contributed by atoms with Crippen LogP contribution in [0.25, 0.3) is 0 Å². The Labute approximate surface area is 136 Å². The second kappa shape index (κ2) is 7.68. The van der Waals surface area contributed by atoms with Crippen LogP contribution >= 0.6 is 0 Å². The number of urea groups is 1. The summed E-state index contributed by atoms with van der Waals surface area (Å²) >= 11 is 0. The van der Waals surface area contributed by atoms with E-state index in [1.165, 1.54) is 25.3 Å². The molecule has 1 aromatic carbocycles. The average Bonchev–Trinajstić information content (AvgIpc) is 2.55.